The molecule has 2 atom stereocenters. The summed E-state index contributed by atoms with van der Waals surface area (Å²) in [6, 6.07) is 11.9. The zero-order valence-electron chi connectivity index (χ0n) is 11.9. The largest absolute Gasteiger partial charge is 0.327 e. The molecule has 0 bridgehead atoms. The van der Waals surface area contributed by atoms with Crippen LogP contribution in [0.2, 0.25) is 0 Å². The van der Waals surface area contributed by atoms with Gasteiger partial charge in [-0.25, -0.2) is 8.78 Å². The highest BCUT2D eigenvalue weighted by Crippen LogP contribution is 2.34. The van der Waals surface area contributed by atoms with E-state index >= 15 is 0 Å². The predicted octanol–water partition coefficient (Wildman–Crippen LogP) is 3.95. The van der Waals surface area contributed by atoms with Gasteiger partial charge in [-0.05, 0) is 60.4 Å². The Hall–Kier alpha value is -1.74. The van der Waals surface area contributed by atoms with E-state index in [1.807, 2.05) is 6.07 Å². The Morgan fingerprint density at radius 3 is 2.57 bits per heavy atom. The highest BCUT2D eigenvalue weighted by atomic mass is 19.1. The number of halogens is 2. The average Bonchev–Trinajstić information content (AvgIpc) is 2.45. The maximum atomic E-state index is 13.3. The first-order chi connectivity index (χ1) is 10.1. The number of hydrogen-bond donors (Lipinski definition) is 1. The van der Waals surface area contributed by atoms with Crippen molar-refractivity contribution in [3.63, 3.8) is 0 Å². The van der Waals surface area contributed by atoms with Gasteiger partial charge in [-0.15, -0.1) is 0 Å². The van der Waals surface area contributed by atoms with Crippen molar-refractivity contribution >= 4 is 0 Å². The zero-order chi connectivity index (χ0) is 14.8. The van der Waals surface area contributed by atoms with Gasteiger partial charge in [-0.3, -0.25) is 0 Å². The van der Waals surface area contributed by atoms with E-state index in [-0.39, 0.29) is 12.0 Å². The molecular formula is C18H19F2N. The van der Waals surface area contributed by atoms with Crippen molar-refractivity contribution in [2.24, 2.45) is 5.73 Å². The maximum Gasteiger partial charge on any atom is 0.126 e. The van der Waals surface area contributed by atoms with Crippen molar-refractivity contribution in [1.29, 1.82) is 0 Å². The smallest absolute Gasteiger partial charge is 0.126 e. The van der Waals surface area contributed by atoms with Crippen LogP contribution in [0.3, 0.4) is 0 Å². The lowest BCUT2D eigenvalue weighted by Gasteiger charge is -2.30. The summed E-state index contributed by atoms with van der Waals surface area (Å²) in [5.41, 5.74) is 9.63. The first-order valence-corrected chi connectivity index (χ1v) is 7.42. The molecule has 3 heteroatoms. The van der Waals surface area contributed by atoms with Crippen molar-refractivity contribution < 1.29 is 8.78 Å². The van der Waals surface area contributed by atoms with Gasteiger partial charge >= 0.3 is 0 Å². The van der Waals surface area contributed by atoms with Crippen molar-refractivity contribution in [3.8, 4) is 0 Å². The molecule has 0 heterocycles. The molecule has 3 rings (SSSR count). The summed E-state index contributed by atoms with van der Waals surface area (Å²) in [7, 11) is 0. The van der Waals surface area contributed by atoms with Crippen LogP contribution in [0.4, 0.5) is 8.78 Å². The van der Waals surface area contributed by atoms with E-state index in [9.17, 15) is 8.78 Å². The van der Waals surface area contributed by atoms with E-state index in [4.69, 9.17) is 5.73 Å². The van der Waals surface area contributed by atoms with Gasteiger partial charge in [0.1, 0.15) is 11.6 Å². The minimum Gasteiger partial charge on any atom is -0.327 e. The van der Waals surface area contributed by atoms with Crippen LogP contribution in [0.5, 0.6) is 0 Å². The SMILES string of the molecule is NC(Cc1cc(F)cc(F)c1)C1CCCc2ccccc21. The van der Waals surface area contributed by atoms with Crippen LogP contribution in [-0.4, -0.2) is 6.04 Å². The van der Waals surface area contributed by atoms with Gasteiger partial charge < -0.3 is 5.73 Å². The fourth-order valence-electron chi connectivity index (χ4n) is 3.38. The molecule has 0 amide bonds. The molecule has 21 heavy (non-hydrogen) atoms. The zero-order valence-corrected chi connectivity index (χ0v) is 11.9. The van der Waals surface area contributed by atoms with Crippen molar-refractivity contribution in [1.82, 2.24) is 0 Å². The fraction of sp³-hybridized carbons (Fsp3) is 0.333. The minimum atomic E-state index is -0.541. The van der Waals surface area contributed by atoms with Crippen LogP contribution < -0.4 is 5.73 Å². The topological polar surface area (TPSA) is 26.0 Å². The van der Waals surface area contributed by atoms with Crippen LogP contribution in [0.1, 0.15) is 35.4 Å². The molecule has 110 valence electrons. The molecule has 1 aliphatic carbocycles. The molecule has 0 radical (unpaired) electrons. The van der Waals surface area contributed by atoms with Crippen LogP contribution in [0, 0.1) is 11.6 Å². The van der Waals surface area contributed by atoms with E-state index in [1.165, 1.54) is 23.3 Å². The Bertz CT molecular complexity index is 619. The van der Waals surface area contributed by atoms with E-state index < -0.39 is 11.6 Å². The molecule has 2 aromatic rings. The Morgan fingerprint density at radius 2 is 1.81 bits per heavy atom. The van der Waals surface area contributed by atoms with Crippen LogP contribution in [-0.2, 0) is 12.8 Å². The second kappa shape index (κ2) is 5.94. The van der Waals surface area contributed by atoms with Gasteiger partial charge in [-0.2, -0.15) is 0 Å². The average molecular weight is 287 g/mol. The Morgan fingerprint density at radius 1 is 1.10 bits per heavy atom. The number of rotatable bonds is 3. The van der Waals surface area contributed by atoms with Crippen molar-refractivity contribution in [2.45, 2.75) is 37.6 Å². The van der Waals surface area contributed by atoms with Gasteiger partial charge in [0, 0.05) is 12.1 Å². The predicted molar refractivity (Wildman–Crippen MR) is 80.2 cm³/mol. The van der Waals surface area contributed by atoms with Crippen molar-refractivity contribution in [3.05, 3.63) is 70.8 Å². The van der Waals surface area contributed by atoms with Crippen molar-refractivity contribution in [2.75, 3.05) is 0 Å². The summed E-state index contributed by atoms with van der Waals surface area (Å²) in [4.78, 5) is 0. The fourth-order valence-corrected chi connectivity index (χ4v) is 3.38. The minimum absolute atomic E-state index is 0.118. The monoisotopic (exact) mass is 287 g/mol. The van der Waals surface area contributed by atoms with Crippen LogP contribution >= 0.6 is 0 Å². The van der Waals surface area contributed by atoms with E-state index in [0.717, 1.165) is 25.3 Å². The molecule has 2 aromatic carbocycles. The molecular weight excluding hydrogens is 268 g/mol. The highest BCUT2D eigenvalue weighted by Gasteiger charge is 2.25. The lowest BCUT2D eigenvalue weighted by atomic mass is 9.77. The van der Waals surface area contributed by atoms with Gasteiger partial charge in [0.25, 0.3) is 0 Å². The quantitative estimate of drug-likeness (QED) is 0.908. The molecule has 0 aliphatic heterocycles. The number of benzene rings is 2. The normalized spacial score (nSPS) is 19.1. The summed E-state index contributed by atoms with van der Waals surface area (Å²) >= 11 is 0. The molecule has 2 unspecified atom stereocenters. The van der Waals surface area contributed by atoms with E-state index in [2.05, 4.69) is 18.2 Å². The molecule has 0 saturated carbocycles. The number of fused-ring (bicyclic) bond motifs is 1. The second-order valence-corrected chi connectivity index (χ2v) is 5.84. The van der Waals surface area contributed by atoms with Crippen LogP contribution in [0.15, 0.2) is 42.5 Å². The summed E-state index contributed by atoms with van der Waals surface area (Å²) in [5, 5.41) is 0. The summed E-state index contributed by atoms with van der Waals surface area (Å²) in [5.74, 6) is -0.816. The lowest BCUT2D eigenvalue weighted by molar-refractivity contribution is 0.458. The van der Waals surface area contributed by atoms with Gasteiger partial charge in [0.05, 0.1) is 0 Å². The molecule has 0 fully saturated rings. The second-order valence-electron chi connectivity index (χ2n) is 5.84. The summed E-state index contributed by atoms with van der Waals surface area (Å²) in [6.07, 6.45) is 3.74. The summed E-state index contributed by atoms with van der Waals surface area (Å²) < 4.78 is 26.6. The third-order valence-electron chi connectivity index (χ3n) is 4.33. The number of aryl methyl sites for hydroxylation is 1. The molecule has 0 saturated heterocycles. The number of nitrogens with two attached hydrogens (primary N) is 1. The van der Waals surface area contributed by atoms with Gasteiger partial charge in [0.2, 0.25) is 0 Å². The molecule has 2 N–H and O–H groups in total. The Kier molecular flexibility index (Phi) is 4.02. The molecule has 1 aliphatic rings. The maximum absolute atomic E-state index is 13.3. The third-order valence-corrected chi connectivity index (χ3v) is 4.33. The Labute approximate surface area is 123 Å². The first kappa shape index (κ1) is 14.2. The Balaban J connectivity index is 1.81. The van der Waals surface area contributed by atoms with Gasteiger partial charge in [0.15, 0.2) is 0 Å². The highest BCUT2D eigenvalue weighted by molar-refractivity contribution is 5.34. The summed E-state index contributed by atoms with van der Waals surface area (Å²) in [6.45, 7) is 0. The number of hydrogen-bond acceptors (Lipinski definition) is 1. The molecule has 1 nitrogen and oxygen atoms in total. The molecule has 0 spiro atoms. The standard InChI is InChI=1S/C18H19F2N/c19-14-8-12(9-15(20)11-14)10-18(21)17-7-3-5-13-4-1-2-6-16(13)17/h1-2,4,6,8-9,11,17-18H,3,5,7,10,21H2. The van der Waals surface area contributed by atoms with E-state index in [0.29, 0.717) is 12.0 Å². The van der Waals surface area contributed by atoms with Crippen LogP contribution in [0.25, 0.3) is 0 Å². The van der Waals surface area contributed by atoms with E-state index in [1.54, 1.807) is 0 Å². The first-order valence-electron chi connectivity index (χ1n) is 7.42. The molecule has 0 aromatic heterocycles. The van der Waals surface area contributed by atoms with Gasteiger partial charge in [-0.1, -0.05) is 24.3 Å². The lowest BCUT2D eigenvalue weighted by Crippen LogP contribution is -2.33. The third kappa shape index (κ3) is 3.13.